The van der Waals surface area contributed by atoms with E-state index in [1.807, 2.05) is 0 Å². The molecule has 0 spiro atoms. The fraction of sp³-hybridized carbons (Fsp3) is 0.812. The van der Waals surface area contributed by atoms with E-state index in [1.54, 1.807) is 6.92 Å². The van der Waals surface area contributed by atoms with Gasteiger partial charge in [-0.15, -0.1) is 0 Å². The van der Waals surface area contributed by atoms with Crippen LogP contribution < -0.4 is 5.84 Å². The lowest BCUT2D eigenvalue weighted by Crippen LogP contribution is -2.50. The van der Waals surface area contributed by atoms with Crippen molar-refractivity contribution >= 4 is 30.3 Å². The number of carbonyl (C=O) groups excluding carboxylic acids is 2. The predicted molar refractivity (Wildman–Crippen MR) is 93.2 cm³/mol. The number of carboxylic acid groups (broad SMARTS) is 1. The molecule has 0 aliphatic rings. The molecule has 0 aromatic heterocycles. The summed E-state index contributed by atoms with van der Waals surface area (Å²) in [5.74, 6) is 4.30. The van der Waals surface area contributed by atoms with Gasteiger partial charge in [0.15, 0.2) is 6.04 Å². The topological polar surface area (TPSA) is 101 Å². The van der Waals surface area contributed by atoms with Gasteiger partial charge in [-0.1, -0.05) is 38.5 Å². The third-order valence-electron chi connectivity index (χ3n) is 3.75. The standard InChI is InChI=1S/C16H30N2O4S/c1-13(19)10-8-6-4-2-3-5-7-9-11-15(20)18(17)14(12-23)16(21)22/h14,23H,2-12,17H2,1H3,(H,21,22). The van der Waals surface area contributed by atoms with Gasteiger partial charge in [0, 0.05) is 18.6 Å². The van der Waals surface area contributed by atoms with Crippen LogP contribution in [0.25, 0.3) is 0 Å². The number of hydrogen-bond acceptors (Lipinski definition) is 5. The third kappa shape index (κ3) is 11.1. The Hall–Kier alpha value is -1.08. The molecule has 0 aromatic carbocycles. The highest BCUT2D eigenvalue weighted by atomic mass is 32.1. The number of nitrogens with two attached hydrogens (primary N) is 1. The summed E-state index contributed by atoms with van der Waals surface area (Å²) in [6, 6.07) is -1.07. The predicted octanol–water partition coefficient (Wildman–Crippen LogP) is 2.56. The second-order valence-corrected chi connectivity index (χ2v) is 6.23. The minimum absolute atomic E-state index is 0.00119. The summed E-state index contributed by atoms with van der Waals surface area (Å²) in [6.07, 6.45) is 9.15. The number of ketones is 1. The Kier molecular flexibility index (Phi) is 12.7. The molecule has 7 heteroatoms. The van der Waals surface area contributed by atoms with E-state index in [9.17, 15) is 14.4 Å². The van der Waals surface area contributed by atoms with Crippen LogP contribution in [0.5, 0.6) is 0 Å². The summed E-state index contributed by atoms with van der Waals surface area (Å²) in [4.78, 5) is 33.5. The summed E-state index contributed by atoms with van der Waals surface area (Å²) in [6.45, 7) is 1.62. The van der Waals surface area contributed by atoms with Crippen molar-refractivity contribution in [2.45, 2.75) is 77.2 Å². The molecule has 134 valence electrons. The number of carboxylic acids is 1. The molecule has 1 atom stereocenters. The smallest absolute Gasteiger partial charge is 0.328 e. The average molecular weight is 346 g/mol. The third-order valence-corrected chi connectivity index (χ3v) is 4.10. The minimum Gasteiger partial charge on any atom is -0.480 e. The van der Waals surface area contributed by atoms with Crippen LogP contribution in [0.1, 0.15) is 71.1 Å². The van der Waals surface area contributed by atoms with Crippen LogP contribution >= 0.6 is 12.6 Å². The van der Waals surface area contributed by atoms with Crippen molar-refractivity contribution in [1.82, 2.24) is 5.01 Å². The number of hydrazine groups is 1. The minimum atomic E-state index is -1.14. The normalized spacial score (nSPS) is 12.0. The quantitative estimate of drug-likeness (QED) is 0.147. The van der Waals surface area contributed by atoms with Crippen molar-refractivity contribution in [3.63, 3.8) is 0 Å². The first-order valence-electron chi connectivity index (χ1n) is 8.30. The van der Waals surface area contributed by atoms with Crippen molar-refractivity contribution in [3.05, 3.63) is 0 Å². The van der Waals surface area contributed by atoms with Crippen molar-refractivity contribution in [1.29, 1.82) is 0 Å². The first-order chi connectivity index (χ1) is 10.9. The molecule has 0 bridgehead atoms. The molecule has 0 aliphatic carbocycles. The van der Waals surface area contributed by atoms with Crippen LogP contribution in [0, 0.1) is 0 Å². The highest BCUT2D eigenvalue weighted by Gasteiger charge is 2.25. The van der Waals surface area contributed by atoms with Crippen LogP contribution in [0.2, 0.25) is 0 Å². The lowest BCUT2D eigenvalue weighted by molar-refractivity contribution is -0.149. The summed E-state index contributed by atoms with van der Waals surface area (Å²) in [5, 5.41) is 9.69. The summed E-state index contributed by atoms with van der Waals surface area (Å²) in [7, 11) is 0. The Morgan fingerprint density at radius 1 is 0.957 bits per heavy atom. The molecular formula is C16H30N2O4S. The van der Waals surface area contributed by atoms with E-state index >= 15 is 0 Å². The number of hydrogen-bond donors (Lipinski definition) is 3. The maximum absolute atomic E-state index is 11.8. The molecular weight excluding hydrogens is 316 g/mol. The van der Waals surface area contributed by atoms with Gasteiger partial charge < -0.3 is 9.90 Å². The number of Topliss-reactive ketones (excluding diaryl/α,β-unsaturated/α-hetero) is 1. The second kappa shape index (κ2) is 13.4. The lowest BCUT2D eigenvalue weighted by Gasteiger charge is -2.22. The number of thiol groups is 1. The van der Waals surface area contributed by atoms with Crippen molar-refractivity contribution in [2.24, 2.45) is 5.84 Å². The van der Waals surface area contributed by atoms with Crippen molar-refractivity contribution < 1.29 is 19.5 Å². The number of rotatable bonds is 14. The van der Waals surface area contributed by atoms with E-state index < -0.39 is 12.0 Å². The van der Waals surface area contributed by atoms with E-state index in [-0.39, 0.29) is 23.9 Å². The Bertz CT molecular complexity index is 377. The zero-order valence-electron chi connectivity index (χ0n) is 14.0. The monoisotopic (exact) mass is 346 g/mol. The van der Waals surface area contributed by atoms with Crippen molar-refractivity contribution in [3.8, 4) is 0 Å². The summed E-state index contributed by atoms with van der Waals surface area (Å²) in [5.41, 5.74) is 0. The average Bonchev–Trinajstić information content (AvgIpc) is 2.48. The Labute approximate surface area is 144 Å². The Balaban J connectivity index is 3.59. The van der Waals surface area contributed by atoms with Gasteiger partial charge >= 0.3 is 5.97 Å². The first kappa shape index (κ1) is 21.9. The molecule has 0 heterocycles. The number of carbonyl (C=O) groups is 3. The Morgan fingerprint density at radius 2 is 1.39 bits per heavy atom. The van der Waals surface area contributed by atoms with E-state index in [0.717, 1.165) is 56.4 Å². The number of amides is 1. The maximum Gasteiger partial charge on any atom is 0.328 e. The molecule has 0 radical (unpaired) electrons. The number of aliphatic carboxylic acids is 1. The zero-order valence-corrected chi connectivity index (χ0v) is 14.9. The van der Waals surface area contributed by atoms with Crippen LogP contribution in [-0.2, 0) is 14.4 Å². The van der Waals surface area contributed by atoms with Gasteiger partial charge in [0.2, 0.25) is 5.91 Å². The second-order valence-electron chi connectivity index (χ2n) is 5.87. The summed E-state index contributed by atoms with van der Waals surface area (Å²) >= 11 is 3.90. The molecule has 0 aliphatic heterocycles. The Morgan fingerprint density at radius 3 is 1.78 bits per heavy atom. The fourth-order valence-corrected chi connectivity index (χ4v) is 2.63. The van der Waals surface area contributed by atoms with Crippen LogP contribution in [0.4, 0.5) is 0 Å². The van der Waals surface area contributed by atoms with E-state index in [4.69, 9.17) is 10.9 Å². The largest absolute Gasteiger partial charge is 0.480 e. The maximum atomic E-state index is 11.8. The molecule has 6 nitrogen and oxygen atoms in total. The van der Waals surface area contributed by atoms with Gasteiger partial charge in [0.25, 0.3) is 0 Å². The van der Waals surface area contributed by atoms with E-state index in [1.165, 1.54) is 0 Å². The van der Waals surface area contributed by atoms with Gasteiger partial charge in [-0.25, -0.2) is 10.6 Å². The van der Waals surface area contributed by atoms with Gasteiger partial charge in [0.05, 0.1) is 0 Å². The molecule has 1 unspecified atom stereocenters. The number of nitrogens with zero attached hydrogens (tertiary/aromatic N) is 1. The number of unbranched alkanes of at least 4 members (excludes halogenated alkanes) is 7. The molecule has 0 saturated heterocycles. The van der Waals surface area contributed by atoms with E-state index in [2.05, 4.69) is 12.6 Å². The van der Waals surface area contributed by atoms with Crippen LogP contribution in [0.15, 0.2) is 0 Å². The highest BCUT2D eigenvalue weighted by Crippen LogP contribution is 2.11. The van der Waals surface area contributed by atoms with Crippen molar-refractivity contribution in [2.75, 3.05) is 5.75 Å². The molecule has 0 aromatic rings. The first-order valence-corrected chi connectivity index (χ1v) is 8.93. The molecule has 3 N–H and O–H groups in total. The van der Waals surface area contributed by atoms with Crippen LogP contribution in [0.3, 0.4) is 0 Å². The van der Waals surface area contributed by atoms with Gasteiger partial charge in [-0.05, 0) is 19.8 Å². The van der Waals surface area contributed by atoms with Crippen LogP contribution in [-0.4, -0.2) is 39.6 Å². The lowest BCUT2D eigenvalue weighted by atomic mass is 10.1. The SMILES string of the molecule is CC(=O)CCCCCCCCCCC(=O)N(N)C(CS)C(=O)O. The highest BCUT2D eigenvalue weighted by molar-refractivity contribution is 7.80. The summed E-state index contributed by atoms with van der Waals surface area (Å²) < 4.78 is 0. The van der Waals surface area contributed by atoms with Gasteiger partial charge in [-0.3, -0.25) is 9.80 Å². The fourth-order valence-electron chi connectivity index (χ4n) is 2.30. The van der Waals surface area contributed by atoms with Gasteiger partial charge in [-0.2, -0.15) is 12.6 Å². The zero-order chi connectivity index (χ0) is 17.7. The molecule has 23 heavy (non-hydrogen) atoms. The van der Waals surface area contributed by atoms with Gasteiger partial charge in [0.1, 0.15) is 5.78 Å². The molecule has 1 amide bonds. The molecule has 0 fully saturated rings. The molecule has 0 saturated carbocycles. The molecule has 0 rings (SSSR count). The van der Waals surface area contributed by atoms with E-state index in [0.29, 0.717) is 6.42 Å².